The number of pyridine rings is 1. The lowest BCUT2D eigenvalue weighted by Gasteiger charge is -2.10. The number of rotatable bonds is 7. The Balaban J connectivity index is 1.30. The molecule has 0 aliphatic carbocycles. The lowest BCUT2D eigenvalue weighted by atomic mass is 10.2. The molecule has 8 nitrogen and oxygen atoms in total. The first-order valence-electron chi connectivity index (χ1n) is 10.2. The van der Waals surface area contributed by atoms with Gasteiger partial charge in [-0.1, -0.05) is 48.2 Å². The van der Waals surface area contributed by atoms with Crippen LogP contribution in [0.25, 0.3) is 28.0 Å². The van der Waals surface area contributed by atoms with E-state index in [0.717, 1.165) is 27.7 Å². The van der Waals surface area contributed by atoms with Crippen molar-refractivity contribution in [2.75, 3.05) is 5.75 Å². The smallest absolute Gasteiger partial charge is 0.250 e. The van der Waals surface area contributed by atoms with E-state index in [1.54, 1.807) is 18.6 Å². The molecule has 0 spiro atoms. The van der Waals surface area contributed by atoms with Gasteiger partial charge in [-0.2, -0.15) is 5.10 Å². The number of para-hydroxylation sites is 2. The van der Waals surface area contributed by atoms with Crippen molar-refractivity contribution in [2.24, 2.45) is 5.10 Å². The molecule has 1 amide bonds. The molecule has 162 valence electrons. The molecule has 2 aromatic carbocycles. The Labute approximate surface area is 193 Å². The van der Waals surface area contributed by atoms with E-state index in [9.17, 15) is 4.79 Å². The molecule has 0 saturated heterocycles. The molecule has 0 atom stereocenters. The molecule has 9 heteroatoms. The molecule has 0 fully saturated rings. The van der Waals surface area contributed by atoms with E-state index in [-0.39, 0.29) is 11.7 Å². The van der Waals surface area contributed by atoms with Gasteiger partial charge in [-0.25, -0.2) is 5.43 Å². The van der Waals surface area contributed by atoms with Gasteiger partial charge in [0.25, 0.3) is 5.91 Å². The third-order valence-corrected chi connectivity index (χ3v) is 5.86. The molecule has 5 aromatic rings. The molecule has 33 heavy (non-hydrogen) atoms. The monoisotopic (exact) mass is 453 g/mol. The minimum atomic E-state index is -0.232. The minimum Gasteiger partial charge on any atom is -0.361 e. The average molecular weight is 454 g/mol. The Morgan fingerprint density at radius 3 is 2.67 bits per heavy atom. The molecular weight excluding hydrogens is 434 g/mol. The van der Waals surface area contributed by atoms with E-state index >= 15 is 0 Å². The number of carbonyl (C=O) groups excluding carboxylic acids is 1. The highest BCUT2D eigenvalue weighted by molar-refractivity contribution is 7.99. The van der Waals surface area contributed by atoms with E-state index in [4.69, 9.17) is 0 Å². The summed E-state index contributed by atoms with van der Waals surface area (Å²) in [5.74, 6) is 0.597. The van der Waals surface area contributed by atoms with Crippen LogP contribution in [0.2, 0.25) is 0 Å². The molecule has 2 N–H and O–H groups in total. The number of thioether (sulfide) groups is 1. The number of hydrazone groups is 1. The van der Waals surface area contributed by atoms with Crippen molar-refractivity contribution >= 4 is 34.8 Å². The summed E-state index contributed by atoms with van der Waals surface area (Å²) in [5.41, 5.74) is 6.31. The van der Waals surface area contributed by atoms with Crippen LogP contribution in [0.4, 0.5) is 0 Å². The zero-order chi connectivity index (χ0) is 22.5. The minimum absolute atomic E-state index is 0.145. The van der Waals surface area contributed by atoms with Gasteiger partial charge in [-0.05, 0) is 30.3 Å². The number of aromatic amines is 1. The summed E-state index contributed by atoms with van der Waals surface area (Å²) >= 11 is 1.30. The number of nitrogens with zero attached hydrogens (tertiary/aromatic N) is 5. The Hall–Kier alpha value is -4.24. The number of fused-ring (bicyclic) bond motifs is 1. The fraction of sp³-hybridized carbons (Fsp3) is 0.0417. The summed E-state index contributed by atoms with van der Waals surface area (Å²) in [6.45, 7) is 0. The van der Waals surface area contributed by atoms with Crippen molar-refractivity contribution in [1.29, 1.82) is 0 Å². The van der Waals surface area contributed by atoms with Gasteiger partial charge in [-0.3, -0.25) is 14.3 Å². The van der Waals surface area contributed by atoms with E-state index in [1.807, 2.05) is 77.5 Å². The first kappa shape index (κ1) is 20.7. The molecule has 5 rings (SSSR count). The Bertz CT molecular complexity index is 1410. The lowest BCUT2D eigenvalue weighted by molar-refractivity contribution is -0.118. The molecule has 0 aliphatic rings. The Morgan fingerprint density at radius 2 is 1.82 bits per heavy atom. The fourth-order valence-electron chi connectivity index (χ4n) is 3.40. The quantitative estimate of drug-likeness (QED) is 0.220. The van der Waals surface area contributed by atoms with Crippen LogP contribution >= 0.6 is 11.8 Å². The number of hydrogen-bond donors (Lipinski definition) is 2. The summed E-state index contributed by atoms with van der Waals surface area (Å²) in [7, 11) is 0. The average Bonchev–Trinajstić information content (AvgIpc) is 3.48. The largest absolute Gasteiger partial charge is 0.361 e. The van der Waals surface area contributed by atoms with Crippen LogP contribution in [0.15, 0.2) is 95.6 Å². The second kappa shape index (κ2) is 9.49. The molecule has 3 heterocycles. The summed E-state index contributed by atoms with van der Waals surface area (Å²) in [4.78, 5) is 19.7. The first-order valence-corrected chi connectivity index (χ1v) is 11.2. The predicted octanol–water partition coefficient (Wildman–Crippen LogP) is 4.05. The number of nitrogens with one attached hydrogen (secondary N) is 2. The van der Waals surface area contributed by atoms with E-state index in [1.165, 1.54) is 11.8 Å². The summed E-state index contributed by atoms with van der Waals surface area (Å²) in [6.07, 6.45) is 6.92. The van der Waals surface area contributed by atoms with Gasteiger partial charge in [0.15, 0.2) is 11.0 Å². The summed E-state index contributed by atoms with van der Waals surface area (Å²) in [5, 5.41) is 14.5. The van der Waals surface area contributed by atoms with E-state index < -0.39 is 0 Å². The maximum absolute atomic E-state index is 12.4. The van der Waals surface area contributed by atoms with Crippen LogP contribution in [0, 0.1) is 0 Å². The third kappa shape index (κ3) is 4.53. The van der Waals surface area contributed by atoms with Crippen molar-refractivity contribution in [3.8, 4) is 17.1 Å². The van der Waals surface area contributed by atoms with Crippen molar-refractivity contribution < 1.29 is 4.79 Å². The van der Waals surface area contributed by atoms with Crippen LogP contribution in [0.5, 0.6) is 0 Å². The Morgan fingerprint density at radius 1 is 1.03 bits per heavy atom. The fourth-order valence-corrected chi connectivity index (χ4v) is 4.14. The highest BCUT2D eigenvalue weighted by Crippen LogP contribution is 2.27. The Kier molecular flexibility index (Phi) is 5.94. The zero-order valence-electron chi connectivity index (χ0n) is 17.4. The van der Waals surface area contributed by atoms with Crippen molar-refractivity contribution in [3.05, 3.63) is 90.9 Å². The molecular formula is C24H19N7OS. The molecule has 0 radical (unpaired) electrons. The van der Waals surface area contributed by atoms with Crippen LogP contribution in [-0.4, -0.2) is 42.6 Å². The normalized spacial score (nSPS) is 11.3. The van der Waals surface area contributed by atoms with Gasteiger partial charge in [-0.15, -0.1) is 10.2 Å². The number of H-pyrrole nitrogens is 1. The maximum atomic E-state index is 12.4. The van der Waals surface area contributed by atoms with Crippen molar-refractivity contribution in [3.63, 3.8) is 0 Å². The zero-order valence-corrected chi connectivity index (χ0v) is 18.2. The van der Waals surface area contributed by atoms with Gasteiger partial charge in [0.1, 0.15) is 0 Å². The van der Waals surface area contributed by atoms with Gasteiger partial charge >= 0.3 is 0 Å². The number of benzene rings is 2. The highest BCUT2D eigenvalue weighted by Gasteiger charge is 2.17. The molecule has 0 aliphatic heterocycles. The number of carbonyl (C=O) groups is 1. The summed E-state index contributed by atoms with van der Waals surface area (Å²) < 4.78 is 1.93. The van der Waals surface area contributed by atoms with Crippen LogP contribution < -0.4 is 5.43 Å². The second-order valence-electron chi connectivity index (χ2n) is 7.08. The van der Waals surface area contributed by atoms with E-state index in [2.05, 4.69) is 30.7 Å². The summed E-state index contributed by atoms with van der Waals surface area (Å²) in [6, 6.07) is 21.5. The maximum Gasteiger partial charge on any atom is 0.250 e. The van der Waals surface area contributed by atoms with E-state index in [0.29, 0.717) is 11.0 Å². The lowest BCUT2D eigenvalue weighted by Crippen LogP contribution is -2.20. The number of aromatic nitrogens is 5. The van der Waals surface area contributed by atoms with Crippen LogP contribution in [-0.2, 0) is 4.79 Å². The van der Waals surface area contributed by atoms with Crippen molar-refractivity contribution in [2.45, 2.75) is 5.16 Å². The highest BCUT2D eigenvalue weighted by atomic mass is 32.2. The number of amides is 1. The first-order chi connectivity index (χ1) is 16.3. The number of hydrogen-bond acceptors (Lipinski definition) is 6. The van der Waals surface area contributed by atoms with Crippen LogP contribution in [0.3, 0.4) is 0 Å². The topological polar surface area (TPSA) is 101 Å². The van der Waals surface area contributed by atoms with Gasteiger partial charge in [0.05, 0.1) is 12.0 Å². The molecule has 0 unspecified atom stereocenters. The SMILES string of the molecule is O=C(CSc1nnc(-c2ccncc2)n1-c1ccccc1)N/N=C\c1c[nH]c2ccccc12. The van der Waals surface area contributed by atoms with Gasteiger partial charge < -0.3 is 4.98 Å². The molecule has 0 saturated carbocycles. The van der Waals surface area contributed by atoms with Crippen molar-refractivity contribution in [1.82, 2.24) is 30.2 Å². The second-order valence-corrected chi connectivity index (χ2v) is 8.03. The molecule has 0 bridgehead atoms. The standard InChI is InChI=1S/C24H19N7OS/c32-22(28-27-15-18-14-26-21-9-5-4-8-20(18)21)16-33-24-30-29-23(17-10-12-25-13-11-17)31(24)19-6-2-1-3-7-19/h1-15,26H,16H2,(H,28,32)/b27-15-. The van der Waals surface area contributed by atoms with Gasteiger partial charge in [0, 0.05) is 46.3 Å². The molecule has 3 aromatic heterocycles. The predicted molar refractivity (Wildman–Crippen MR) is 129 cm³/mol. The van der Waals surface area contributed by atoms with Crippen LogP contribution in [0.1, 0.15) is 5.56 Å². The van der Waals surface area contributed by atoms with Gasteiger partial charge in [0.2, 0.25) is 0 Å². The third-order valence-electron chi connectivity index (χ3n) is 4.93.